The molecule has 1 atom stereocenters. The molecular weight excluding hydrogens is 291 g/mol. The van der Waals surface area contributed by atoms with Gasteiger partial charge in [-0.2, -0.15) is 0 Å². The molecule has 2 rings (SSSR count). The van der Waals surface area contributed by atoms with Crippen LogP contribution in [-0.2, 0) is 0 Å². The highest BCUT2D eigenvalue weighted by atomic mass is 35.5. The first-order chi connectivity index (χ1) is 9.88. The van der Waals surface area contributed by atoms with Crippen molar-refractivity contribution < 1.29 is 13.9 Å². The fraction of sp³-hybridized carbons (Fsp3) is 0.235. The summed E-state index contributed by atoms with van der Waals surface area (Å²) in [5.41, 5.74) is 2.53. The number of ketones is 1. The van der Waals surface area contributed by atoms with Crippen LogP contribution in [0.25, 0.3) is 0 Å². The lowest BCUT2D eigenvalue weighted by atomic mass is 9.99. The Morgan fingerprint density at radius 1 is 1.19 bits per heavy atom. The van der Waals surface area contributed by atoms with E-state index in [0.29, 0.717) is 11.3 Å². The average Bonchev–Trinajstić information content (AvgIpc) is 2.43. The monoisotopic (exact) mass is 306 g/mol. The smallest absolute Gasteiger partial charge is 0.203 e. The Morgan fingerprint density at radius 3 is 2.57 bits per heavy atom. The van der Waals surface area contributed by atoms with Gasteiger partial charge in [-0.25, -0.2) is 4.39 Å². The van der Waals surface area contributed by atoms with Crippen molar-refractivity contribution in [1.29, 1.82) is 0 Å². The van der Waals surface area contributed by atoms with E-state index in [1.54, 1.807) is 6.92 Å². The van der Waals surface area contributed by atoms with E-state index in [2.05, 4.69) is 0 Å². The lowest BCUT2D eigenvalue weighted by Crippen LogP contribution is -2.24. The summed E-state index contributed by atoms with van der Waals surface area (Å²) in [5, 5.41) is 0.149. The van der Waals surface area contributed by atoms with Gasteiger partial charge in [0.1, 0.15) is 11.6 Å². The molecule has 1 unspecified atom stereocenters. The first-order valence-electron chi connectivity index (χ1n) is 6.61. The van der Waals surface area contributed by atoms with Gasteiger partial charge >= 0.3 is 0 Å². The standard InChI is InChI=1S/C17H16ClFO2/c1-10-4-5-11(2)14(8-10)17(20)12(3)21-16-7-6-13(19)9-15(16)18/h4-9,12H,1-3H3. The van der Waals surface area contributed by atoms with Gasteiger partial charge in [-0.15, -0.1) is 0 Å². The van der Waals surface area contributed by atoms with Gasteiger partial charge in [-0.3, -0.25) is 4.79 Å². The van der Waals surface area contributed by atoms with E-state index in [1.165, 1.54) is 12.1 Å². The molecule has 0 aliphatic heterocycles. The summed E-state index contributed by atoms with van der Waals surface area (Å²) in [7, 11) is 0. The molecule has 0 aromatic heterocycles. The van der Waals surface area contributed by atoms with Gasteiger partial charge in [-0.05, 0) is 50.6 Å². The number of halogens is 2. The number of Topliss-reactive ketones (excluding diaryl/α,β-unsaturated/α-hetero) is 1. The van der Waals surface area contributed by atoms with Crippen LogP contribution in [0.4, 0.5) is 4.39 Å². The van der Waals surface area contributed by atoms with Gasteiger partial charge in [0.05, 0.1) is 5.02 Å². The first-order valence-corrected chi connectivity index (χ1v) is 6.99. The molecule has 2 nitrogen and oxygen atoms in total. The van der Waals surface area contributed by atoms with Crippen LogP contribution in [0.3, 0.4) is 0 Å². The van der Waals surface area contributed by atoms with E-state index in [4.69, 9.17) is 16.3 Å². The van der Waals surface area contributed by atoms with Crippen molar-refractivity contribution in [3.8, 4) is 5.75 Å². The molecule has 0 N–H and O–H groups in total. The molecule has 0 amide bonds. The third-order valence-corrected chi connectivity index (χ3v) is 3.52. The minimum Gasteiger partial charge on any atom is -0.481 e. The maximum atomic E-state index is 13.0. The molecule has 0 spiro atoms. The van der Waals surface area contributed by atoms with Crippen molar-refractivity contribution >= 4 is 17.4 Å². The van der Waals surface area contributed by atoms with E-state index in [1.807, 2.05) is 32.0 Å². The molecule has 0 radical (unpaired) electrons. The zero-order valence-electron chi connectivity index (χ0n) is 12.1. The molecule has 0 saturated carbocycles. The van der Waals surface area contributed by atoms with E-state index >= 15 is 0 Å². The van der Waals surface area contributed by atoms with Crippen molar-refractivity contribution in [2.75, 3.05) is 0 Å². The van der Waals surface area contributed by atoms with Crippen LogP contribution in [-0.4, -0.2) is 11.9 Å². The molecule has 0 heterocycles. The summed E-state index contributed by atoms with van der Waals surface area (Å²) in [6.45, 7) is 5.46. The number of hydrogen-bond donors (Lipinski definition) is 0. The number of carbonyl (C=O) groups excluding carboxylic acids is 1. The molecule has 0 fully saturated rings. The number of carbonyl (C=O) groups is 1. The van der Waals surface area contributed by atoms with Crippen LogP contribution in [0.15, 0.2) is 36.4 Å². The predicted molar refractivity (Wildman–Crippen MR) is 81.7 cm³/mol. The van der Waals surface area contributed by atoms with Crippen molar-refractivity contribution in [2.24, 2.45) is 0 Å². The summed E-state index contributed by atoms with van der Waals surface area (Å²) in [6, 6.07) is 9.52. The van der Waals surface area contributed by atoms with Crippen LogP contribution in [0.1, 0.15) is 28.4 Å². The fourth-order valence-electron chi connectivity index (χ4n) is 2.04. The fourth-order valence-corrected chi connectivity index (χ4v) is 2.25. The SMILES string of the molecule is Cc1ccc(C)c(C(=O)C(C)Oc2ccc(F)cc2Cl)c1. The van der Waals surface area contributed by atoms with Gasteiger partial charge in [0.2, 0.25) is 5.78 Å². The lowest BCUT2D eigenvalue weighted by Gasteiger charge is -2.16. The summed E-state index contributed by atoms with van der Waals surface area (Å²) < 4.78 is 18.6. The van der Waals surface area contributed by atoms with Crippen molar-refractivity contribution in [3.05, 3.63) is 63.9 Å². The molecular formula is C17H16ClFO2. The van der Waals surface area contributed by atoms with Gasteiger partial charge in [0.15, 0.2) is 6.10 Å². The number of hydrogen-bond acceptors (Lipinski definition) is 2. The number of ether oxygens (including phenoxy) is 1. The minimum absolute atomic E-state index is 0.128. The second kappa shape index (κ2) is 6.27. The number of benzene rings is 2. The Balaban J connectivity index is 2.21. The first kappa shape index (κ1) is 15.5. The van der Waals surface area contributed by atoms with Crippen LogP contribution in [0, 0.1) is 19.7 Å². The van der Waals surface area contributed by atoms with Crippen molar-refractivity contribution in [1.82, 2.24) is 0 Å². The van der Waals surface area contributed by atoms with E-state index in [0.717, 1.165) is 17.2 Å². The summed E-state index contributed by atoms with van der Waals surface area (Å²) in [4.78, 5) is 12.5. The van der Waals surface area contributed by atoms with Crippen LogP contribution in [0.5, 0.6) is 5.75 Å². The average molecular weight is 307 g/mol. The normalized spacial score (nSPS) is 12.0. The van der Waals surface area contributed by atoms with E-state index in [9.17, 15) is 9.18 Å². The Morgan fingerprint density at radius 2 is 1.90 bits per heavy atom. The number of aryl methyl sites for hydroxylation is 2. The quantitative estimate of drug-likeness (QED) is 0.762. The second-order valence-corrected chi connectivity index (χ2v) is 5.42. The number of rotatable bonds is 4. The Kier molecular flexibility index (Phi) is 4.63. The topological polar surface area (TPSA) is 26.3 Å². The Hall–Kier alpha value is -1.87. The predicted octanol–water partition coefficient (Wildman–Crippen LogP) is 4.75. The van der Waals surface area contributed by atoms with Crippen molar-refractivity contribution in [3.63, 3.8) is 0 Å². The molecule has 0 saturated heterocycles. The molecule has 2 aromatic carbocycles. The highest BCUT2D eigenvalue weighted by Gasteiger charge is 2.20. The highest BCUT2D eigenvalue weighted by Crippen LogP contribution is 2.26. The van der Waals surface area contributed by atoms with Crippen molar-refractivity contribution in [2.45, 2.75) is 26.9 Å². The molecule has 0 aliphatic carbocycles. The summed E-state index contributed by atoms with van der Waals surface area (Å²) in [5.74, 6) is -0.276. The summed E-state index contributed by atoms with van der Waals surface area (Å²) in [6.07, 6.45) is -0.700. The molecule has 0 bridgehead atoms. The minimum atomic E-state index is -0.700. The molecule has 0 aliphatic rings. The van der Waals surface area contributed by atoms with Crippen LogP contribution in [0.2, 0.25) is 5.02 Å². The van der Waals surface area contributed by atoms with Gasteiger partial charge in [0, 0.05) is 5.56 Å². The van der Waals surface area contributed by atoms with Gasteiger partial charge in [0.25, 0.3) is 0 Å². The Bertz CT molecular complexity index is 682. The van der Waals surface area contributed by atoms with E-state index < -0.39 is 11.9 Å². The molecule has 4 heteroatoms. The zero-order chi connectivity index (χ0) is 15.6. The Labute approximate surface area is 128 Å². The lowest BCUT2D eigenvalue weighted by molar-refractivity contribution is 0.0817. The third-order valence-electron chi connectivity index (χ3n) is 3.23. The maximum Gasteiger partial charge on any atom is 0.203 e. The maximum absolute atomic E-state index is 13.0. The highest BCUT2D eigenvalue weighted by molar-refractivity contribution is 6.32. The molecule has 110 valence electrons. The largest absolute Gasteiger partial charge is 0.481 e. The third kappa shape index (κ3) is 3.61. The second-order valence-electron chi connectivity index (χ2n) is 5.02. The van der Waals surface area contributed by atoms with E-state index in [-0.39, 0.29) is 10.8 Å². The van der Waals surface area contributed by atoms with Crippen LogP contribution < -0.4 is 4.74 Å². The zero-order valence-corrected chi connectivity index (χ0v) is 12.9. The molecule has 2 aromatic rings. The summed E-state index contributed by atoms with van der Waals surface area (Å²) >= 11 is 5.90. The molecule has 21 heavy (non-hydrogen) atoms. The van der Waals surface area contributed by atoms with Crippen LogP contribution >= 0.6 is 11.6 Å². The van der Waals surface area contributed by atoms with Gasteiger partial charge < -0.3 is 4.74 Å². The van der Waals surface area contributed by atoms with Gasteiger partial charge in [-0.1, -0.05) is 29.3 Å².